The van der Waals surface area contributed by atoms with Crippen LogP contribution in [0.5, 0.6) is 0 Å². The van der Waals surface area contributed by atoms with E-state index < -0.39 is 0 Å². The van der Waals surface area contributed by atoms with E-state index in [0.717, 1.165) is 0 Å². The van der Waals surface area contributed by atoms with Crippen LogP contribution in [0.4, 0.5) is 0 Å². The van der Waals surface area contributed by atoms with Gasteiger partial charge in [0.15, 0.2) is 11.5 Å². The third-order valence-electron chi connectivity index (χ3n) is 2.49. The highest BCUT2D eigenvalue weighted by molar-refractivity contribution is 6.23. The zero-order chi connectivity index (χ0) is 12.3. The Morgan fingerprint density at radius 2 is 1.88 bits per heavy atom. The monoisotopic (exact) mass is 228 g/mol. The van der Waals surface area contributed by atoms with Crippen LogP contribution in [0, 0.1) is 0 Å². The Bertz CT molecular complexity index is 524. The number of hydrogen-bond acceptors (Lipinski definition) is 3. The molecule has 0 aliphatic heterocycles. The molecule has 3 nitrogen and oxygen atoms in total. The molecule has 0 aromatic heterocycles. The normalized spacial score (nSPS) is 14.8. The summed E-state index contributed by atoms with van der Waals surface area (Å²) in [6.45, 7) is 2.16. The number of ketones is 2. The molecule has 0 fully saturated rings. The second-order valence-electron chi connectivity index (χ2n) is 3.63. The largest absolute Gasteiger partial charge is 0.485 e. The fraction of sp³-hybridized carbons (Fsp3) is 0.143. The van der Waals surface area contributed by atoms with Crippen molar-refractivity contribution in [3.63, 3.8) is 0 Å². The molecule has 0 amide bonds. The molecule has 1 aliphatic rings. The second kappa shape index (κ2) is 4.78. The number of carbonyl (C=O) groups excluding carboxylic acids is 2. The van der Waals surface area contributed by atoms with E-state index in [1.165, 1.54) is 6.08 Å². The number of ether oxygens (including phenoxy) is 1. The minimum absolute atomic E-state index is 0.117. The maximum Gasteiger partial charge on any atom is 0.228 e. The smallest absolute Gasteiger partial charge is 0.228 e. The van der Waals surface area contributed by atoms with E-state index in [2.05, 4.69) is 0 Å². The summed E-state index contributed by atoms with van der Waals surface area (Å²) >= 11 is 0. The van der Waals surface area contributed by atoms with Crippen molar-refractivity contribution in [1.29, 1.82) is 0 Å². The van der Waals surface area contributed by atoms with Crippen molar-refractivity contribution < 1.29 is 14.3 Å². The average Bonchev–Trinajstić information content (AvgIpc) is 2.36. The van der Waals surface area contributed by atoms with Crippen LogP contribution in [-0.4, -0.2) is 18.2 Å². The fourth-order valence-electron chi connectivity index (χ4n) is 1.63. The predicted molar refractivity (Wildman–Crippen MR) is 64.0 cm³/mol. The number of carbonyl (C=O) groups is 2. The zero-order valence-corrected chi connectivity index (χ0v) is 9.47. The molecular formula is C14H12O3. The van der Waals surface area contributed by atoms with E-state index in [9.17, 15) is 9.59 Å². The van der Waals surface area contributed by atoms with Crippen LogP contribution in [0.2, 0.25) is 0 Å². The SMILES string of the molecule is CC=CCOC1=CC(=O)c2ccccc2C1=O. The van der Waals surface area contributed by atoms with Crippen LogP contribution in [0.1, 0.15) is 27.6 Å². The first-order chi connectivity index (χ1) is 8.24. The van der Waals surface area contributed by atoms with E-state index in [4.69, 9.17) is 4.74 Å². The highest BCUT2D eigenvalue weighted by Gasteiger charge is 2.25. The van der Waals surface area contributed by atoms with E-state index >= 15 is 0 Å². The topological polar surface area (TPSA) is 43.4 Å². The number of Topliss-reactive ketones (excluding diaryl/α,β-unsaturated/α-hetero) is 1. The summed E-state index contributed by atoms with van der Waals surface area (Å²) in [6, 6.07) is 6.76. The summed E-state index contributed by atoms with van der Waals surface area (Å²) < 4.78 is 5.27. The van der Waals surface area contributed by atoms with E-state index in [1.807, 2.05) is 13.0 Å². The lowest BCUT2D eigenvalue weighted by molar-refractivity contribution is 0.0900. The third kappa shape index (κ3) is 2.18. The highest BCUT2D eigenvalue weighted by Crippen LogP contribution is 2.21. The fourth-order valence-corrected chi connectivity index (χ4v) is 1.63. The van der Waals surface area contributed by atoms with E-state index in [-0.39, 0.29) is 17.3 Å². The molecule has 1 aromatic carbocycles. The summed E-state index contributed by atoms with van der Waals surface area (Å²) in [4.78, 5) is 23.7. The van der Waals surface area contributed by atoms with Crippen LogP contribution in [0.15, 0.2) is 48.3 Å². The average molecular weight is 228 g/mol. The van der Waals surface area contributed by atoms with Gasteiger partial charge in [0.2, 0.25) is 5.78 Å². The van der Waals surface area contributed by atoms with Crippen LogP contribution < -0.4 is 0 Å². The van der Waals surface area contributed by atoms with Gasteiger partial charge < -0.3 is 4.74 Å². The summed E-state index contributed by atoms with van der Waals surface area (Å²) in [5, 5.41) is 0. The van der Waals surface area contributed by atoms with Crippen molar-refractivity contribution in [2.45, 2.75) is 6.92 Å². The lowest BCUT2D eigenvalue weighted by atomic mass is 9.94. The number of allylic oxidation sites excluding steroid dienone is 3. The van der Waals surface area contributed by atoms with Crippen LogP contribution >= 0.6 is 0 Å². The third-order valence-corrected chi connectivity index (χ3v) is 2.49. The first kappa shape index (κ1) is 11.3. The molecule has 0 N–H and O–H groups in total. The maximum absolute atomic E-state index is 12.0. The molecule has 0 bridgehead atoms. The summed E-state index contributed by atoms with van der Waals surface area (Å²) in [7, 11) is 0. The van der Waals surface area contributed by atoms with Gasteiger partial charge in [0.25, 0.3) is 0 Å². The first-order valence-corrected chi connectivity index (χ1v) is 5.37. The lowest BCUT2D eigenvalue weighted by Crippen LogP contribution is -2.18. The summed E-state index contributed by atoms with van der Waals surface area (Å²) in [5.41, 5.74) is 0.853. The van der Waals surface area contributed by atoms with Gasteiger partial charge in [0.05, 0.1) is 0 Å². The number of fused-ring (bicyclic) bond motifs is 1. The lowest BCUT2D eigenvalue weighted by Gasteiger charge is -2.14. The van der Waals surface area contributed by atoms with Gasteiger partial charge in [0, 0.05) is 17.2 Å². The molecule has 0 spiro atoms. The van der Waals surface area contributed by atoms with Crippen LogP contribution in [-0.2, 0) is 4.74 Å². The number of benzene rings is 1. The molecule has 0 atom stereocenters. The van der Waals surface area contributed by atoms with Gasteiger partial charge in [-0.05, 0) is 6.92 Å². The quantitative estimate of drug-likeness (QED) is 0.747. The molecule has 0 saturated heterocycles. The van der Waals surface area contributed by atoms with E-state index in [0.29, 0.717) is 17.7 Å². The molecule has 0 radical (unpaired) electrons. The van der Waals surface area contributed by atoms with Crippen LogP contribution in [0.3, 0.4) is 0 Å². The molecule has 86 valence electrons. The molecule has 0 saturated carbocycles. The predicted octanol–water partition coefficient (Wildman–Crippen LogP) is 2.54. The van der Waals surface area contributed by atoms with Gasteiger partial charge in [-0.15, -0.1) is 0 Å². The minimum Gasteiger partial charge on any atom is -0.485 e. The second-order valence-corrected chi connectivity index (χ2v) is 3.63. The van der Waals surface area contributed by atoms with Crippen LogP contribution in [0.25, 0.3) is 0 Å². The summed E-state index contributed by atoms with van der Waals surface area (Å²) in [6.07, 6.45) is 4.86. The Morgan fingerprint density at radius 3 is 2.59 bits per heavy atom. The molecule has 3 heteroatoms. The molecule has 0 unspecified atom stereocenters. The molecular weight excluding hydrogens is 216 g/mol. The Balaban J connectivity index is 2.29. The Morgan fingerprint density at radius 1 is 1.18 bits per heavy atom. The number of rotatable bonds is 3. The Kier molecular flexibility index (Phi) is 3.19. The standard InChI is InChI=1S/C14H12O3/c1-2-3-8-17-13-9-12(15)10-6-4-5-7-11(10)14(13)16/h2-7,9H,8H2,1H3. The van der Waals surface area contributed by atoms with Crippen molar-refractivity contribution in [3.05, 3.63) is 59.4 Å². The molecule has 1 aromatic rings. The zero-order valence-electron chi connectivity index (χ0n) is 9.47. The minimum atomic E-state index is -0.232. The molecule has 1 aliphatic carbocycles. The molecule has 17 heavy (non-hydrogen) atoms. The highest BCUT2D eigenvalue weighted by atomic mass is 16.5. The Labute approximate surface area is 99.4 Å². The molecule has 2 rings (SSSR count). The molecule has 0 heterocycles. The Hall–Kier alpha value is -2.16. The van der Waals surface area contributed by atoms with E-state index in [1.54, 1.807) is 30.3 Å². The van der Waals surface area contributed by atoms with Gasteiger partial charge >= 0.3 is 0 Å². The van der Waals surface area contributed by atoms with Crippen molar-refractivity contribution in [3.8, 4) is 0 Å². The van der Waals surface area contributed by atoms with Gasteiger partial charge in [-0.3, -0.25) is 9.59 Å². The van der Waals surface area contributed by atoms with Crippen molar-refractivity contribution >= 4 is 11.6 Å². The van der Waals surface area contributed by atoms with Gasteiger partial charge in [-0.1, -0.05) is 36.4 Å². The number of hydrogen-bond donors (Lipinski definition) is 0. The van der Waals surface area contributed by atoms with Crippen molar-refractivity contribution in [2.24, 2.45) is 0 Å². The van der Waals surface area contributed by atoms with Crippen molar-refractivity contribution in [1.82, 2.24) is 0 Å². The van der Waals surface area contributed by atoms with Gasteiger partial charge in [-0.25, -0.2) is 0 Å². The first-order valence-electron chi connectivity index (χ1n) is 5.37. The van der Waals surface area contributed by atoms with Gasteiger partial charge in [0.1, 0.15) is 6.61 Å². The van der Waals surface area contributed by atoms with Crippen molar-refractivity contribution in [2.75, 3.05) is 6.61 Å². The maximum atomic E-state index is 12.0. The van der Waals surface area contributed by atoms with Gasteiger partial charge in [-0.2, -0.15) is 0 Å². The summed E-state index contributed by atoms with van der Waals surface area (Å²) in [5.74, 6) is -0.299.